The van der Waals surface area contributed by atoms with E-state index >= 15 is 0 Å². The zero-order chi connectivity index (χ0) is 17.3. The fourth-order valence-electron chi connectivity index (χ4n) is 2.80. The Balaban J connectivity index is 1.87. The Morgan fingerprint density at radius 3 is 2.67 bits per heavy atom. The fourth-order valence-corrected chi connectivity index (χ4v) is 2.80. The zero-order valence-electron chi connectivity index (χ0n) is 14.5. The zero-order valence-corrected chi connectivity index (χ0v) is 14.5. The number of pyridine rings is 1. The van der Waals surface area contributed by atoms with Crippen molar-refractivity contribution in [2.45, 2.75) is 13.0 Å². The number of hydrogen-bond donors (Lipinski definition) is 0. The molecule has 2 aromatic heterocycles. The van der Waals surface area contributed by atoms with Crippen molar-refractivity contribution in [1.29, 1.82) is 0 Å². The van der Waals surface area contributed by atoms with E-state index in [-0.39, 0.29) is 5.91 Å². The molecule has 7 heteroatoms. The highest BCUT2D eigenvalue weighted by Gasteiger charge is 2.25. The minimum absolute atomic E-state index is 0.000616. The van der Waals surface area contributed by atoms with Crippen molar-refractivity contribution in [3.63, 3.8) is 0 Å². The summed E-state index contributed by atoms with van der Waals surface area (Å²) in [6, 6.07) is 5.64. The molecule has 0 bridgehead atoms. The molecule has 3 rings (SSSR count). The highest BCUT2D eigenvalue weighted by Crippen LogP contribution is 2.23. The average molecular weight is 326 g/mol. The SMILES string of the molecule is CN(C)c1cc2c(nn1)CCN(C(=O)c1cccnc1N(C)C)C2. The van der Waals surface area contributed by atoms with E-state index in [0.717, 1.165) is 23.5 Å². The molecule has 0 fully saturated rings. The predicted molar refractivity (Wildman–Crippen MR) is 93.4 cm³/mol. The molecule has 24 heavy (non-hydrogen) atoms. The van der Waals surface area contributed by atoms with E-state index < -0.39 is 0 Å². The second kappa shape index (κ2) is 6.43. The van der Waals surface area contributed by atoms with E-state index in [1.165, 1.54) is 0 Å². The third-order valence-corrected chi connectivity index (χ3v) is 4.11. The maximum absolute atomic E-state index is 13.0. The molecule has 1 aliphatic heterocycles. The first-order valence-electron chi connectivity index (χ1n) is 7.92. The van der Waals surface area contributed by atoms with Gasteiger partial charge in [-0.15, -0.1) is 5.10 Å². The van der Waals surface area contributed by atoms with Gasteiger partial charge >= 0.3 is 0 Å². The molecular weight excluding hydrogens is 304 g/mol. The summed E-state index contributed by atoms with van der Waals surface area (Å²) in [5.74, 6) is 1.49. The summed E-state index contributed by atoms with van der Waals surface area (Å²) in [6.45, 7) is 1.19. The van der Waals surface area contributed by atoms with Crippen LogP contribution < -0.4 is 9.80 Å². The monoisotopic (exact) mass is 326 g/mol. The molecule has 0 saturated carbocycles. The molecule has 3 heterocycles. The first-order valence-corrected chi connectivity index (χ1v) is 7.92. The summed E-state index contributed by atoms with van der Waals surface area (Å²) in [5, 5.41) is 8.52. The second-order valence-corrected chi connectivity index (χ2v) is 6.31. The van der Waals surface area contributed by atoms with E-state index in [4.69, 9.17) is 0 Å². The van der Waals surface area contributed by atoms with Gasteiger partial charge in [-0.3, -0.25) is 4.79 Å². The predicted octanol–water partition coefficient (Wildman–Crippen LogP) is 1.20. The van der Waals surface area contributed by atoms with Crippen LogP contribution in [0.15, 0.2) is 24.4 Å². The number of amides is 1. The molecule has 0 aromatic carbocycles. The molecule has 7 nitrogen and oxygen atoms in total. The lowest BCUT2D eigenvalue weighted by molar-refractivity contribution is 0.0733. The summed E-state index contributed by atoms with van der Waals surface area (Å²) < 4.78 is 0. The first kappa shape index (κ1) is 16.2. The van der Waals surface area contributed by atoms with Crippen molar-refractivity contribution in [3.8, 4) is 0 Å². The lowest BCUT2D eigenvalue weighted by Gasteiger charge is -2.29. The van der Waals surface area contributed by atoms with Crippen LogP contribution in [0.25, 0.3) is 0 Å². The molecule has 1 amide bonds. The van der Waals surface area contributed by atoms with Crippen LogP contribution in [-0.2, 0) is 13.0 Å². The molecule has 126 valence electrons. The minimum Gasteiger partial charge on any atom is -0.362 e. The Morgan fingerprint density at radius 2 is 1.96 bits per heavy atom. The van der Waals surface area contributed by atoms with Gasteiger partial charge in [0.15, 0.2) is 5.82 Å². The molecule has 1 aliphatic rings. The summed E-state index contributed by atoms with van der Waals surface area (Å²) >= 11 is 0. The fraction of sp³-hybridized carbons (Fsp3) is 0.412. The van der Waals surface area contributed by atoms with Gasteiger partial charge in [-0.25, -0.2) is 4.98 Å². The van der Waals surface area contributed by atoms with Gasteiger partial charge in [0.25, 0.3) is 5.91 Å². The van der Waals surface area contributed by atoms with E-state index in [1.54, 1.807) is 12.3 Å². The van der Waals surface area contributed by atoms with E-state index in [1.807, 2.05) is 55.0 Å². The van der Waals surface area contributed by atoms with Crippen LogP contribution in [0.4, 0.5) is 11.6 Å². The topological polar surface area (TPSA) is 65.5 Å². The maximum Gasteiger partial charge on any atom is 0.257 e. The molecule has 2 aromatic rings. The number of anilines is 2. The lowest BCUT2D eigenvalue weighted by atomic mass is 10.0. The van der Waals surface area contributed by atoms with Crippen LogP contribution >= 0.6 is 0 Å². The molecule has 0 aliphatic carbocycles. The maximum atomic E-state index is 13.0. The third kappa shape index (κ3) is 3.02. The third-order valence-electron chi connectivity index (χ3n) is 4.11. The number of carbonyl (C=O) groups is 1. The number of aromatic nitrogens is 3. The van der Waals surface area contributed by atoms with Crippen LogP contribution in [0.3, 0.4) is 0 Å². The second-order valence-electron chi connectivity index (χ2n) is 6.31. The summed E-state index contributed by atoms with van der Waals surface area (Å²) in [6.07, 6.45) is 2.43. The normalized spacial score (nSPS) is 13.4. The van der Waals surface area contributed by atoms with Crippen molar-refractivity contribution >= 4 is 17.5 Å². The van der Waals surface area contributed by atoms with E-state index in [2.05, 4.69) is 15.2 Å². The number of rotatable bonds is 3. The average Bonchev–Trinajstić information content (AvgIpc) is 2.60. The van der Waals surface area contributed by atoms with Crippen molar-refractivity contribution in [2.24, 2.45) is 0 Å². The van der Waals surface area contributed by atoms with Gasteiger partial charge in [0.2, 0.25) is 0 Å². The molecule has 0 spiro atoms. The molecule has 0 unspecified atom stereocenters. The van der Waals surface area contributed by atoms with Crippen LogP contribution in [0.2, 0.25) is 0 Å². The van der Waals surface area contributed by atoms with Crippen molar-refractivity contribution in [2.75, 3.05) is 44.5 Å². The minimum atomic E-state index is 0.000616. The Hall–Kier alpha value is -2.70. The molecule has 0 atom stereocenters. The van der Waals surface area contributed by atoms with Crippen molar-refractivity contribution < 1.29 is 4.79 Å². The van der Waals surface area contributed by atoms with Crippen LogP contribution in [-0.4, -0.2) is 60.7 Å². The van der Waals surface area contributed by atoms with Crippen LogP contribution in [0.1, 0.15) is 21.6 Å². The standard InChI is InChI=1S/C17H22N6O/c1-21(2)15-10-12-11-23(9-7-14(12)19-20-15)17(24)13-6-5-8-18-16(13)22(3)4/h5-6,8,10H,7,9,11H2,1-4H3. The molecule has 0 N–H and O–H groups in total. The van der Waals surface area contributed by atoms with Crippen molar-refractivity contribution in [3.05, 3.63) is 41.2 Å². The van der Waals surface area contributed by atoms with Gasteiger partial charge in [-0.2, -0.15) is 5.10 Å². The molecular formula is C17H22N6O. The van der Waals surface area contributed by atoms with E-state index in [9.17, 15) is 4.79 Å². The Bertz CT molecular complexity index is 758. The van der Waals surface area contributed by atoms with Gasteiger partial charge in [0, 0.05) is 53.9 Å². The van der Waals surface area contributed by atoms with E-state index in [0.29, 0.717) is 24.5 Å². The lowest BCUT2D eigenvalue weighted by Crippen LogP contribution is -2.37. The van der Waals surface area contributed by atoms with Crippen LogP contribution in [0, 0.1) is 0 Å². The summed E-state index contributed by atoms with van der Waals surface area (Å²) in [7, 11) is 7.65. The van der Waals surface area contributed by atoms with Gasteiger partial charge in [0.1, 0.15) is 5.82 Å². The van der Waals surface area contributed by atoms with Gasteiger partial charge in [-0.05, 0) is 23.8 Å². The van der Waals surface area contributed by atoms with Gasteiger partial charge in [-0.1, -0.05) is 0 Å². The number of carbonyl (C=O) groups excluding carboxylic acids is 1. The molecule has 0 saturated heterocycles. The van der Waals surface area contributed by atoms with Gasteiger partial charge in [0.05, 0.1) is 11.3 Å². The molecule has 0 radical (unpaired) electrons. The quantitative estimate of drug-likeness (QED) is 0.844. The highest BCUT2D eigenvalue weighted by molar-refractivity contribution is 5.98. The van der Waals surface area contributed by atoms with Gasteiger partial charge < -0.3 is 14.7 Å². The Morgan fingerprint density at radius 1 is 1.17 bits per heavy atom. The Kier molecular flexibility index (Phi) is 4.33. The number of hydrogen-bond acceptors (Lipinski definition) is 6. The van der Waals surface area contributed by atoms with Crippen LogP contribution in [0.5, 0.6) is 0 Å². The smallest absolute Gasteiger partial charge is 0.257 e. The largest absolute Gasteiger partial charge is 0.362 e. The summed E-state index contributed by atoms with van der Waals surface area (Å²) in [5.41, 5.74) is 2.66. The highest BCUT2D eigenvalue weighted by atomic mass is 16.2. The number of fused-ring (bicyclic) bond motifs is 1. The van der Waals surface area contributed by atoms with Crippen molar-refractivity contribution in [1.82, 2.24) is 20.1 Å². The first-order chi connectivity index (χ1) is 11.5. The number of nitrogens with zero attached hydrogens (tertiary/aromatic N) is 6. The Labute approximate surface area is 141 Å². The summed E-state index contributed by atoms with van der Waals surface area (Å²) in [4.78, 5) is 22.9.